The van der Waals surface area contributed by atoms with Crippen molar-refractivity contribution in [2.24, 2.45) is 5.41 Å². The first kappa shape index (κ1) is 37.0. The molecule has 0 aromatic carbocycles. The van der Waals surface area contributed by atoms with Crippen LogP contribution in [0.5, 0.6) is 0 Å². The predicted octanol–water partition coefficient (Wildman–Crippen LogP) is -3.95. The predicted molar refractivity (Wildman–Crippen MR) is 122 cm³/mol. The largest absolute Gasteiger partial charge is 1.00 e. The number of likely N-dealkylation sites (N-methyl/N-ethyl adjacent to an activating group) is 2. The van der Waals surface area contributed by atoms with E-state index in [1.807, 2.05) is 25.7 Å². The van der Waals surface area contributed by atoms with E-state index in [2.05, 4.69) is 48.0 Å². The number of rotatable bonds is 10. The molecule has 0 spiro atoms. The Hall–Kier alpha value is 1.71. The zero-order chi connectivity index (χ0) is 22.3. The number of alkyl halides is 1. The summed E-state index contributed by atoms with van der Waals surface area (Å²) in [5.74, 6) is 0.130. The summed E-state index contributed by atoms with van der Waals surface area (Å²) < 4.78 is 13.4. The van der Waals surface area contributed by atoms with Gasteiger partial charge in [-0.1, -0.05) is 20.8 Å². The molecule has 5 nitrogen and oxygen atoms in total. The number of quaternary nitrogens is 2. The third kappa shape index (κ3) is 24.0. The molecule has 0 saturated heterocycles. The average Bonchev–Trinajstić information content (AvgIpc) is 2.51. The van der Waals surface area contributed by atoms with Crippen LogP contribution in [0.3, 0.4) is 0 Å². The number of halogens is 3. The Balaban J connectivity index is -0.000000164. The number of nitrogens with one attached hydrogen (secondary N) is 1. The van der Waals surface area contributed by atoms with Crippen molar-refractivity contribution in [2.75, 3.05) is 66.3 Å². The Morgan fingerprint density at radius 2 is 1.68 bits per heavy atom. The number of aliphatic hydroxyl groups excluding tert-OH is 1. The number of amides is 1. The molecule has 0 aliphatic heterocycles. The van der Waals surface area contributed by atoms with Crippen molar-refractivity contribution in [2.45, 2.75) is 39.7 Å². The SMILES string of the molecule is CCC(C)(C)C(=O)NCCC[N+](C)(C)CC(O)C[N+](C)(C)C.[2H][IH]C.[3H][CH2-].[Cl-].[Cl-].[U]. The molecule has 2 N–H and O–H groups in total. The molecule has 0 aromatic rings. The fourth-order valence-corrected chi connectivity index (χ4v) is 2.46. The van der Waals surface area contributed by atoms with E-state index in [0.717, 1.165) is 41.4 Å². The van der Waals surface area contributed by atoms with Crippen LogP contribution in [-0.2, 0) is 4.79 Å². The fourth-order valence-electron chi connectivity index (χ4n) is 2.46. The molecule has 0 bridgehead atoms. The second-order valence-corrected chi connectivity index (χ2v) is 8.82. The fraction of sp³-hybridized carbons (Fsp3) is 0.895. The van der Waals surface area contributed by atoms with Crippen molar-refractivity contribution in [1.29, 1.82) is 0.594 Å². The van der Waals surface area contributed by atoms with Crippen LogP contribution < -0.4 is 30.1 Å². The Morgan fingerprint density at radius 3 is 2.04 bits per heavy atom. The molecule has 1 atom stereocenters. The second-order valence-electron chi connectivity index (χ2n) is 8.82. The van der Waals surface area contributed by atoms with Crippen LogP contribution in [0.15, 0.2) is 0 Å². The van der Waals surface area contributed by atoms with E-state index >= 15 is 0 Å². The second kappa shape index (κ2) is 20.6. The van der Waals surface area contributed by atoms with Crippen LogP contribution in [0.1, 0.15) is 35.0 Å². The van der Waals surface area contributed by atoms with Crippen LogP contribution in [0.4, 0.5) is 0 Å². The Morgan fingerprint density at radius 1 is 1.25 bits per heavy atom. The van der Waals surface area contributed by atoms with Crippen molar-refractivity contribution in [3.05, 3.63) is 7.40 Å². The molecule has 1 unspecified atom stereocenters. The molecule has 0 aliphatic rings. The van der Waals surface area contributed by atoms with E-state index < -0.39 is 0 Å². The molecular formula is C19H47Cl2IN3O2U-. The van der Waals surface area contributed by atoms with Crippen molar-refractivity contribution in [1.82, 2.24) is 5.32 Å². The smallest absolute Gasteiger partial charge is 0 e. The van der Waals surface area contributed by atoms with E-state index in [1.54, 1.807) is 0 Å². The summed E-state index contributed by atoms with van der Waals surface area (Å²) in [5, 5.41) is 13.2. The van der Waals surface area contributed by atoms with Crippen molar-refractivity contribution in [3.63, 3.8) is 0 Å². The van der Waals surface area contributed by atoms with Crippen LogP contribution in [0, 0.1) is 43.9 Å². The molecule has 28 heavy (non-hydrogen) atoms. The van der Waals surface area contributed by atoms with Gasteiger partial charge in [0.15, 0.2) is 6.10 Å². The minimum Gasteiger partial charge on any atom is -1.00 e. The number of hydrogen-bond donors (Lipinski definition) is 2. The summed E-state index contributed by atoms with van der Waals surface area (Å²) in [5.41, 5.74) is -0.287. The zero-order valence-electron chi connectivity index (χ0n) is 21.4. The molecule has 0 rings (SSSR count). The van der Waals surface area contributed by atoms with Crippen LogP contribution in [0.2, 0.25) is 0 Å². The monoisotopic (exact) mass is 787 g/mol. The summed E-state index contributed by atoms with van der Waals surface area (Å²) in [6.45, 7) is 9.13. The molecule has 1 amide bonds. The van der Waals surface area contributed by atoms with Crippen molar-refractivity contribution >= 4 is 28.3 Å². The van der Waals surface area contributed by atoms with Crippen molar-refractivity contribution in [3.8, 4) is 0 Å². The van der Waals surface area contributed by atoms with Gasteiger partial charge in [-0.15, -0.1) is 0 Å². The van der Waals surface area contributed by atoms with E-state index in [9.17, 15) is 9.90 Å². The molecule has 0 saturated carbocycles. The van der Waals surface area contributed by atoms with E-state index in [4.69, 9.17) is 1.96 Å². The molecule has 0 radical (unpaired) electrons. The summed E-state index contributed by atoms with van der Waals surface area (Å²) in [6, 6.07) is 0. The van der Waals surface area contributed by atoms with Gasteiger partial charge in [0.05, 0.1) is 41.8 Å². The third-order valence-corrected chi connectivity index (χ3v) is 4.19. The van der Waals surface area contributed by atoms with Crippen molar-refractivity contribution < 1.29 is 76.2 Å². The minimum absolute atomic E-state index is 0. The molecule has 0 fully saturated rings. The van der Waals surface area contributed by atoms with Gasteiger partial charge in [0, 0.05) is 49.5 Å². The van der Waals surface area contributed by atoms with E-state index in [1.165, 1.54) is 0 Å². The van der Waals surface area contributed by atoms with Gasteiger partial charge in [-0.3, -0.25) is 4.79 Å². The summed E-state index contributed by atoms with van der Waals surface area (Å²) in [6.07, 6.45) is 1.47. The standard InChI is InChI=1S/C17H38N3O2.CH5I.CH3.2ClH.U/c1-9-17(2,3)16(22)18-11-10-12-20(7,8)14-15(21)13-19(4,5)6;1-2;;;;/h15,21H,9-14H2,1-8H3;2H2,1H3;1H3;2*1H;/q+1;;-1;;;/p-1/i;2D;1T;;;. The maximum absolute atomic E-state index is 12.0. The van der Waals surface area contributed by atoms with Gasteiger partial charge in [0.25, 0.3) is 0 Å². The first-order valence-electron chi connectivity index (χ1n) is 9.90. The van der Waals surface area contributed by atoms with Gasteiger partial charge in [0.1, 0.15) is 13.1 Å². The van der Waals surface area contributed by atoms with Gasteiger partial charge in [0.2, 0.25) is 5.91 Å². The molecule has 0 aliphatic carbocycles. The summed E-state index contributed by atoms with van der Waals surface area (Å²) in [4.78, 5) is 13.9. The van der Waals surface area contributed by atoms with Gasteiger partial charge < -0.3 is 51.6 Å². The van der Waals surface area contributed by atoms with E-state index in [0.29, 0.717) is 6.54 Å². The summed E-state index contributed by atoms with van der Waals surface area (Å²) in [7, 11) is 13.0. The van der Waals surface area contributed by atoms with Gasteiger partial charge in [-0.2, -0.15) is 0 Å². The number of hydrogen-bond acceptors (Lipinski definition) is 2. The Kier molecular flexibility index (Phi) is 27.3. The van der Waals surface area contributed by atoms with Gasteiger partial charge in [-0.25, -0.2) is 1.37 Å². The van der Waals surface area contributed by atoms with Gasteiger partial charge >= 0.3 is 27.9 Å². The normalized spacial score (nSPS) is 12.7. The first-order valence-corrected chi connectivity index (χ1v) is 11.1. The van der Waals surface area contributed by atoms with Crippen LogP contribution >= 0.6 is 22.4 Å². The Bertz CT molecular complexity index is 393. The molecular weight excluding hydrogens is 738 g/mol. The average molecular weight is 788 g/mol. The first-order chi connectivity index (χ1) is 12.2. The van der Waals surface area contributed by atoms with Crippen LogP contribution in [0.25, 0.3) is 0 Å². The third-order valence-electron chi connectivity index (χ3n) is 4.19. The number of aliphatic hydroxyl groups is 1. The number of carbonyl (C=O) groups excluding carboxylic acids is 1. The maximum Gasteiger partial charge on any atom is 0 e. The minimum atomic E-state index is -0.302. The van der Waals surface area contributed by atoms with Gasteiger partial charge in [-0.05, 0) is 6.42 Å². The zero-order valence-corrected chi connectivity index (χ0v) is 27.4. The molecule has 9 heteroatoms. The maximum atomic E-state index is 12.0. The number of carbonyl (C=O) groups is 1. The Labute approximate surface area is 227 Å². The van der Waals surface area contributed by atoms with Crippen LogP contribution in [-0.4, -0.2) is 93.0 Å². The van der Waals surface area contributed by atoms with E-state index in [-0.39, 0.29) is 95.7 Å². The topological polar surface area (TPSA) is 49.3 Å². The summed E-state index contributed by atoms with van der Waals surface area (Å²) >= 11 is -0.280. The number of nitrogens with zero attached hydrogens (tertiary/aromatic N) is 2. The molecule has 0 heterocycles. The molecule has 0 aromatic heterocycles. The molecule has 176 valence electrons. The quantitative estimate of drug-likeness (QED) is 0.0783.